The average molecular weight is 577 g/mol. The first-order valence-corrected chi connectivity index (χ1v) is 11.4. The Morgan fingerprint density at radius 1 is 1.30 bits per heavy atom. The van der Waals surface area contributed by atoms with E-state index in [1.54, 1.807) is 11.9 Å². The number of carbonyl (C=O) groups excluding carboxylic acids is 1. The maximum absolute atomic E-state index is 12.1. The predicted octanol–water partition coefficient (Wildman–Crippen LogP) is 3.95. The van der Waals surface area contributed by atoms with Crippen molar-refractivity contribution in [2.45, 2.75) is 53.2 Å². The third-order valence-corrected chi connectivity index (χ3v) is 4.92. The second-order valence-corrected chi connectivity index (χ2v) is 9.18. The Morgan fingerprint density at radius 2 is 2.06 bits per heavy atom. The summed E-state index contributed by atoms with van der Waals surface area (Å²) >= 11 is 0. The second kappa shape index (κ2) is 14.5. The van der Waals surface area contributed by atoms with Gasteiger partial charge >= 0.3 is 6.09 Å². The number of aryl methyl sites for hydroxylation is 1. The highest BCUT2D eigenvalue weighted by Crippen LogP contribution is 2.23. The van der Waals surface area contributed by atoms with Crippen molar-refractivity contribution < 1.29 is 19.0 Å². The molecule has 1 aliphatic rings. The highest BCUT2D eigenvalue weighted by molar-refractivity contribution is 14.0. The normalized spacial score (nSPS) is 16.1. The van der Waals surface area contributed by atoms with Crippen LogP contribution in [0.1, 0.15) is 45.2 Å². The molecule has 0 radical (unpaired) electrons. The van der Waals surface area contributed by atoms with Gasteiger partial charge in [0.1, 0.15) is 11.4 Å². The Kier molecular flexibility index (Phi) is 12.9. The number of halogens is 1. The molecule has 0 bridgehead atoms. The number of nitrogens with one attached hydrogen (secondary N) is 2. The van der Waals surface area contributed by atoms with Gasteiger partial charge in [0, 0.05) is 44.8 Å². The van der Waals surface area contributed by atoms with Crippen LogP contribution in [0, 0.1) is 12.8 Å². The number of benzene rings is 1. The third kappa shape index (κ3) is 11.3. The van der Waals surface area contributed by atoms with Crippen LogP contribution in [0.15, 0.2) is 23.2 Å². The maximum atomic E-state index is 12.1. The van der Waals surface area contributed by atoms with Crippen LogP contribution < -0.4 is 15.4 Å². The van der Waals surface area contributed by atoms with Crippen LogP contribution in [0.4, 0.5) is 4.79 Å². The molecular formula is C24H41IN4O4. The van der Waals surface area contributed by atoms with Gasteiger partial charge in [-0.2, -0.15) is 0 Å². The number of aliphatic imine (C=N–C) groups is 1. The van der Waals surface area contributed by atoms with Gasteiger partial charge in [-0.3, -0.25) is 0 Å². The fraction of sp³-hybridized carbons (Fsp3) is 0.667. The van der Waals surface area contributed by atoms with E-state index in [0.29, 0.717) is 38.1 Å². The molecule has 2 rings (SSSR count). The van der Waals surface area contributed by atoms with Crippen LogP contribution in [-0.2, 0) is 16.0 Å². The predicted molar refractivity (Wildman–Crippen MR) is 143 cm³/mol. The van der Waals surface area contributed by atoms with Crippen LogP contribution in [0.25, 0.3) is 0 Å². The minimum Gasteiger partial charge on any atom is -0.493 e. The molecule has 1 aliphatic heterocycles. The van der Waals surface area contributed by atoms with E-state index in [9.17, 15) is 4.79 Å². The molecule has 0 saturated carbocycles. The number of ether oxygens (including phenoxy) is 3. The first-order valence-electron chi connectivity index (χ1n) is 11.4. The smallest absolute Gasteiger partial charge is 0.410 e. The largest absolute Gasteiger partial charge is 0.493 e. The quantitative estimate of drug-likeness (QED) is 0.263. The molecule has 0 spiro atoms. The molecule has 33 heavy (non-hydrogen) atoms. The molecule has 1 unspecified atom stereocenters. The second-order valence-electron chi connectivity index (χ2n) is 9.18. The van der Waals surface area contributed by atoms with E-state index in [4.69, 9.17) is 19.2 Å². The summed E-state index contributed by atoms with van der Waals surface area (Å²) < 4.78 is 17.0. The van der Waals surface area contributed by atoms with E-state index in [1.807, 2.05) is 27.7 Å². The fourth-order valence-electron chi connectivity index (χ4n) is 3.13. The Balaban J connectivity index is 0.00000544. The van der Waals surface area contributed by atoms with E-state index < -0.39 is 5.60 Å². The Bertz CT molecular complexity index is 761. The Morgan fingerprint density at radius 3 is 2.70 bits per heavy atom. The first kappa shape index (κ1) is 29.3. The third-order valence-electron chi connectivity index (χ3n) is 4.92. The topological polar surface area (TPSA) is 84.4 Å². The molecule has 1 heterocycles. The summed E-state index contributed by atoms with van der Waals surface area (Å²) in [4.78, 5) is 18.4. The molecule has 1 saturated heterocycles. The van der Waals surface area contributed by atoms with Gasteiger partial charge in [0.15, 0.2) is 5.96 Å². The van der Waals surface area contributed by atoms with Gasteiger partial charge in [-0.1, -0.05) is 12.1 Å². The first-order chi connectivity index (χ1) is 15.2. The van der Waals surface area contributed by atoms with Crippen LogP contribution in [0.3, 0.4) is 0 Å². The molecule has 1 atom stereocenters. The molecule has 0 aliphatic carbocycles. The zero-order chi connectivity index (χ0) is 23.6. The minimum absolute atomic E-state index is 0. The van der Waals surface area contributed by atoms with Crippen LogP contribution in [0.5, 0.6) is 5.75 Å². The summed E-state index contributed by atoms with van der Waals surface area (Å²) in [7, 11) is 1.73. The maximum Gasteiger partial charge on any atom is 0.410 e. The number of nitrogens with zero attached hydrogens (tertiary/aromatic N) is 2. The lowest BCUT2D eigenvalue weighted by Crippen LogP contribution is -2.43. The number of guanidine groups is 1. The lowest BCUT2D eigenvalue weighted by Gasteiger charge is -2.25. The van der Waals surface area contributed by atoms with Gasteiger partial charge in [0.2, 0.25) is 0 Å². The monoisotopic (exact) mass is 576 g/mol. The zero-order valence-corrected chi connectivity index (χ0v) is 23.2. The van der Waals surface area contributed by atoms with Crippen molar-refractivity contribution in [2.75, 3.05) is 46.5 Å². The lowest BCUT2D eigenvalue weighted by molar-refractivity contribution is 0.0302. The zero-order valence-electron chi connectivity index (χ0n) is 20.9. The summed E-state index contributed by atoms with van der Waals surface area (Å²) in [5.74, 6) is 2.02. The minimum atomic E-state index is -0.506. The van der Waals surface area contributed by atoms with E-state index in [1.165, 1.54) is 0 Å². The number of hydrogen-bond donors (Lipinski definition) is 2. The molecule has 2 N–H and O–H groups in total. The molecular weight excluding hydrogens is 535 g/mol. The Labute approximate surface area is 215 Å². The number of likely N-dealkylation sites (N-methyl/N-ethyl adjacent to an activating group) is 1. The molecule has 1 aromatic rings. The fourth-order valence-corrected chi connectivity index (χ4v) is 3.13. The highest BCUT2D eigenvalue weighted by Gasteiger charge is 2.19. The van der Waals surface area contributed by atoms with Crippen LogP contribution >= 0.6 is 24.0 Å². The molecule has 9 heteroatoms. The van der Waals surface area contributed by atoms with Gasteiger partial charge in [-0.25, -0.2) is 9.79 Å². The van der Waals surface area contributed by atoms with Crippen molar-refractivity contribution in [3.8, 4) is 5.75 Å². The summed E-state index contributed by atoms with van der Waals surface area (Å²) in [5, 5.41) is 6.53. The summed E-state index contributed by atoms with van der Waals surface area (Å²) in [6.45, 7) is 14.2. The Hall–Kier alpha value is -1.75. The van der Waals surface area contributed by atoms with Crippen LogP contribution in [0.2, 0.25) is 0 Å². The molecule has 1 amide bonds. The van der Waals surface area contributed by atoms with Crippen molar-refractivity contribution in [3.63, 3.8) is 0 Å². The number of carbonyl (C=O) groups is 1. The number of amides is 1. The molecule has 1 aromatic carbocycles. The average Bonchev–Trinajstić information content (AvgIpc) is 3.23. The van der Waals surface area contributed by atoms with Crippen molar-refractivity contribution >= 4 is 36.0 Å². The summed E-state index contributed by atoms with van der Waals surface area (Å²) in [6, 6.07) is 6.21. The van der Waals surface area contributed by atoms with Crippen molar-refractivity contribution in [1.82, 2.24) is 15.5 Å². The molecule has 0 aromatic heterocycles. The molecule has 188 valence electrons. The number of hydrogen-bond acceptors (Lipinski definition) is 5. The van der Waals surface area contributed by atoms with Crippen molar-refractivity contribution in [1.29, 1.82) is 0 Å². The lowest BCUT2D eigenvalue weighted by atomic mass is 10.1. The van der Waals surface area contributed by atoms with E-state index in [2.05, 4.69) is 35.8 Å². The van der Waals surface area contributed by atoms with Gasteiger partial charge in [0.25, 0.3) is 0 Å². The van der Waals surface area contributed by atoms with Gasteiger partial charge < -0.3 is 29.7 Å². The standard InChI is InChI=1S/C24H40N4O4.HI/c1-7-25-22(26-11-12-28(6)23(29)32-24(3,4)5)27-15-20-9-8-18(2)14-21(20)31-17-19-10-13-30-16-19;/h8-9,14,19H,7,10-13,15-17H2,1-6H3,(H2,25,26,27);1H. The van der Waals surface area contributed by atoms with E-state index >= 15 is 0 Å². The van der Waals surface area contributed by atoms with E-state index in [0.717, 1.165) is 43.1 Å². The van der Waals surface area contributed by atoms with Gasteiger partial charge in [-0.15, -0.1) is 24.0 Å². The van der Waals surface area contributed by atoms with Gasteiger partial charge in [-0.05, 0) is 52.7 Å². The SMILES string of the molecule is CCNC(=NCc1ccc(C)cc1OCC1CCOC1)NCCN(C)C(=O)OC(C)(C)C.I. The van der Waals surface area contributed by atoms with Gasteiger partial charge in [0.05, 0.1) is 19.8 Å². The summed E-state index contributed by atoms with van der Waals surface area (Å²) in [5.41, 5.74) is 1.69. The van der Waals surface area contributed by atoms with Crippen molar-refractivity contribution in [2.24, 2.45) is 10.9 Å². The number of rotatable bonds is 9. The van der Waals surface area contributed by atoms with Crippen LogP contribution in [-0.4, -0.2) is 69.1 Å². The molecule has 8 nitrogen and oxygen atoms in total. The highest BCUT2D eigenvalue weighted by atomic mass is 127. The van der Waals surface area contributed by atoms with Crippen molar-refractivity contribution in [3.05, 3.63) is 29.3 Å². The van der Waals surface area contributed by atoms with E-state index in [-0.39, 0.29) is 30.1 Å². The summed E-state index contributed by atoms with van der Waals surface area (Å²) in [6.07, 6.45) is 0.710. The molecule has 1 fully saturated rings.